The van der Waals surface area contributed by atoms with E-state index in [-0.39, 0.29) is 5.54 Å². The fraction of sp³-hybridized carbons (Fsp3) is 0.467. The van der Waals surface area contributed by atoms with Gasteiger partial charge in [-0.1, -0.05) is 6.07 Å². The van der Waals surface area contributed by atoms with Gasteiger partial charge in [0.15, 0.2) is 0 Å². The Kier molecular flexibility index (Phi) is 2.04. The number of hydrogen-bond acceptors (Lipinski definition) is 3. The van der Waals surface area contributed by atoms with Crippen molar-refractivity contribution in [3.05, 3.63) is 29.6 Å². The summed E-state index contributed by atoms with van der Waals surface area (Å²) in [6.07, 6.45) is 6.11. The summed E-state index contributed by atoms with van der Waals surface area (Å²) in [5.41, 5.74) is 3.03. The minimum Gasteiger partial charge on any atom is -0.325 e. The molecule has 4 heteroatoms. The van der Waals surface area contributed by atoms with E-state index in [0.29, 0.717) is 6.04 Å². The highest BCUT2D eigenvalue weighted by Gasteiger charge is 2.45. The molecule has 0 saturated heterocycles. The Hall–Kier alpha value is -1.93. The normalized spacial score (nSPS) is 20.3. The van der Waals surface area contributed by atoms with E-state index in [1.165, 1.54) is 18.4 Å². The first-order valence-electron chi connectivity index (χ1n) is 6.82. The van der Waals surface area contributed by atoms with Gasteiger partial charge in [0.2, 0.25) is 6.08 Å². The Morgan fingerprint density at radius 2 is 2.21 bits per heavy atom. The summed E-state index contributed by atoms with van der Waals surface area (Å²) >= 11 is 0. The second-order valence-electron chi connectivity index (χ2n) is 5.70. The highest BCUT2D eigenvalue weighted by Crippen LogP contribution is 2.50. The number of rotatable bonds is 3. The number of fused-ring (bicyclic) bond motifs is 1. The first-order valence-corrected chi connectivity index (χ1v) is 6.82. The van der Waals surface area contributed by atoms with Crippen LogP contribution in [0.2, 0.25) is 0 Å². The number of imidazole rings is 1. The Balaban J connectivity index is 1.86. The fourth-order valence-electron chi connectivity index (χ4n) is 2.97. The van der Waals surface area contributed by atoms with Crippen LogP contribution in [0, 0.1) is 6.92 Å². The fourth-order valence-corrected chi connectivity index (χ4v) is 2.97. The summed E-state index contributed by atoms with van der Waals surface area (Å²) in [5, 5.41) is 0. The van der Waals surface area contributed by atoms with Crippen molar-refractivity contribution in [1.29, 1.82) is 0 Å². The van der Waals surface area contributed by atoms with Crippen LogP contribution in [0.15, 0.2) is 23.2 Å². The van der Waals surface area contributed by atoms with Crippen LogP contribution >= 0.6 is 0 Å². The van der Waals surface area contributed by atoms with Crippen LogP contribution in [0.1, 0.15) is 43.1 Å². The number of nitrogens with zero attached hydrogens (tertiary/aromatic N) is 3. The molecule has 0 radical (unpaired) electrons. The van der Waals surface area contributed by atoms with Crippen molar-refractivity contribution in [2.24, 2.45) is 4.99 Å². The molecule has 0 N–H and O–H groups in total. The van der Waals surface area contributed by atoms with Gasteiger partial charge in [-0.3, -0.25) is 0 Å². The van der Waals surface area contributed by atoms with Gasteiger partial charge in [-0.05, 0) is 50.3 Å². The highest BCUT2D eigenvalue weighted by atomic mass is 16.1. The van der Waals surface area contributed by atoms with Gasteiger partial charge in [0.05, 0.1) is 16.6 Å². The molecular weight excluding hydrogens is 238 g/mol. The van der Waals surface area contributed by atoms with Crippen molar-refractivity contribution in [2.45, 2.75) is 44.2 Å². The molecule has 19 heavy (non-hydrogen) atoms. The molecule has 4 rings (SSSR count). The summed E-state index contributed by atoms with van der Waals surface area (Å²) < 4.78 is 2.33. The van der Waals surface area contributed by atoms with Crippen molar-refractivity contribution < 1.29 is 4.79 Å². The van der Waals surface area contributed by atoms with Gasteiger partial charge in [0, 0.05) is 6.04 Å². The standard InChI is InChI=1S/C15H15N3O/c1-10-17-13-8-11(15(6-7-15)16-9-19)2-5-14(13)18(10)12-3-4-12/h2,5,8,12H,3-4,6-7H2,1H3. The second-order valence-corrected chi connectivity index (χ2v) is 5.70. The molecule has 4 nitrogen and oxygen atoms in total. The average molecular weight is 253 g/mol. The SMILES string of the molecule is Cc1nc2cc(C3(N=C=O)CC3)ccc2n1C1CC1. The number of isocyanates is 1. The molecule has 96 valence electrons. The van der Waals surface area contributed by atoms with E-state index in [9.17, 15) is 4.79 Å². The van der Waals surface area contributed by atoms with E-state index < -0.39 is 0 Å². The number of benzene rings is 1. The molecule has 1 aromatic heterocycles. The molecule has 0 aliphatic heterocycles. The highest BCUT2D eigenvalue weighted by molar-refractivity contribution is 5.78. The quantitative estimate of drug-likeness (QED) is 0.623. The molecule has 2 aliphatic carbocycles. The molecule has 0 atom stereocenters. The summed E-state index contributed by atoms with van der Waals surface area (Å²) in [6.45, 7) is 2.06. The molecule has 2 aromatic rings. The number of aromatic nitrogens is 2. The molecule has 2 aliphatic rings. The predicted octanol–water partition coefficient (Wildman–Crippen LogP) is 3.00. The van der Waals surface area contributed by atoms with E-state index in [4.69, 9.17) is 0 Å². The molecule has 2 saturated carbocycles. The largest absolute Gasteiger partial charge is 0.325 e. The van der Waals surface area contributed by atoms with Crippen LogP contribution < -0.4 is 0 Å². The smallest absolute Gasteiger partial charge is 0.235 e. The maximum Gasteiger partial charge on any atom is 0.235 e. The number of hydrogen-bond donors (Lipinski definition) is 0. The van der Waals surface area contributed by atoms with Crippen molar-refractivity contribution >= 4 is 17.1 Å². The van der Waals surface area contributed by atoms with Gasteiger partial charge in [-0.15, -0.1) is 0 Å². The first-order chi connectivity index (χ1) is 9.23. The van der Waals surface area contributed by atoms with Crippen molar-refractivity contribution in [3.63, 3.8) is 0 Å². The minimum absolute atomic E-state index is 0.298. The lowest BCUT2D eigenvalue weighted by Crippen LogP contribution is -2.02. The number of carbonyl (C=O) groups excluding carboxylic acids is 1. The van der Waals surface area contributed by atoms with Crippen LogP contribution in [0.5, 0.6) is 0 Å². The monoisotopic (exact) mass is 253 g/mol. The molecule has 0 unspecified atom stereocenters. The lowest BCUT2D eigenvalue weighted by atomic mass is 10.0. The van der Waals surface area contributed by atoms with Crippen molar-refractivity contribution in [2.75, 3.05) is 0 Å². The van der Waals surface area contributed by atoms with E-state index in [0.717, 1.165) is 29.7 Å². The van der Waals surface area contributed by atoms with Gasteiger partial charge in [0.25, 0.3) is 0 Å². The van der Waals surface area contributed by atoms with Crippen molar-refractivity contribution in [1.82, 2.24) is 9.55 Å². The maximum absolute atomic E-state index is 10.5. The first kappa shape index (κ1) is 10.9. The summed E-state index contributed by atoms with van der Waals surface area (Å²) in [6, 6.07) is 6.95. The van der Waals surface area contributed by atoms with E-state index in [1.807, 2.05) is 0 Å². The Morgan fingerprint density at radius 3 is 2.84 bits per heavy atom. The van der Waals surface area contributed by atoms with Crippen LogP contribution in [-0.2, 0) is 10.3 Å². The zero-order chi connectivity index (χ0) is 13.0. The van der Waals surface area contributed by atoms with Crippen LogP contribution in [-0.4, -0.2) is 15.6 Å². The topological polar surface area (TPSA) is 47.2 Å². The molecular formula is C15H15N3O. The zero-order valence-corrected chi connectivity index (χ0v) is 10.9. The predicted molar refractivity (Wildman–Crippen MR) is 71.8 cm³/mol. The minimum atomic E-state index is -0.298. The number of aliphatic imine (C=N–C) groups is 1. The molecule has 1 heterocycles. The van der Waals surface area contributed by atoms with Crippen LogP contribution in [0.25, 0.3) is 11.0 Å². The zero-order valence-electron chi connectivity index (χ0n) is 10.9. The lowest BCUT2D eigenvalue weighted by molar-refractivity contribution is 0.556. The van der Waals surface area contributed by atoms with Gasteiger partial charge in [-0.2, -0.15) is 4.99 Å². The van der Waals surface area contributed by atoms with E-state index in [2.05, 4.69) is 39.7 Å². The summed E-state index contributed by atoms with van der Waals surface area (Å²) in [5.74, 6) is 1.08. The molecule has 0 amide bonds. The Bertz CT molecular complexity index is 716. The van der Waals surface area contributed by atoms with Gasteiger partial charge in [0.1, 0.15) is 5.82 Å². The Morgan fingerprint density at radius 1 is 1.42 bits per heavy atom. The van der Waals surface area contributed by atoms with Crippen LogP contribution in [0.4, 0.5) is 0 Å². The van der Waals surface area contributed by atoms with E-state index >= 15 is 0 Å². The Labute approximate surface area is 111 Å². The third-order valence-electron chi connectivity index (χ3n) is 4.30. The third-order valence-corrected chi connectivity index (χ3v) is 4.30. The maximum atomic E-state index is 10.5. The van der Waals surface area contributed by atoms with Crippen molar-refractivity contribution in [3.8, 4) is 0 Å². The van der Waals surface area contributed by atoms with Gasteiger partial charge >= 0.3 is 0 Å². The third kappa shape index (κ3) is 1.57. The second kappa shape index (κ2) is 3.55. The lowest BCUT2D eigenvalue weighted by Gasteiger charge is -2.08. The summed E-state index contributed by atoms with van der Waals surface area (Å²) in [7, 11) is 0. The molecule has 2 fully saturated rings. The summed E-state index contributed by atoms with van der Waals surface area (Å²) in [4.78, 5) is 19.2. The molecule has 0 spiro atoms. The molecule has 0 bridgehead atoms. The van der Waals surface area contributed by atoms with Gasteiger partial charge in [-0.25, -0.2) is 9.78 Å². The number of aryl methyl sites for hydroxylation is 1. The van der Waals surface area contributed by atoms with E-state index in [1.54, 1.807) is 6.08 Å². The van der Waals surface area contributed by atoms with Crippen LogP contribution in [0.3, 0.4) is 0 Å². The molecule has 1 aromatic carbocycles. The average Bonchev–Trinajstić information content (AvgIpc) is 3.29. The van der Waals surface area contributed by atoms with Gasteiger partial charge < -0.3 is 4.57 Å².